The van der Waals surface area contributed by atoms with Crippen LogP contribution in [0.25, 0.3) is 5.65 Å². The summed E-state index contributed by atoms with van der Waals surface area (Å²) in [5.41, 5.74) is 2.10. The second-order valence-electron chi connectivity index (χ2n) is 3.61. The summed E-state index contributed by atoms with van der Waals surface area (Å²) in [4.78, 5) is 4.35. The molecule has 0 aromatic carbocycles. The van der Waals surface area contributed by atoms with E-state index >= 15 is 0 Å². The highest BCUT2D eigenvalue weighted by molar-refractivity contribution is 5.54. The van der Waals surface area contributed by atoms with E-state index in [1.165, 1.54) is 5.69 Å². The van der Waals surface area contributed by atoms with Gasteiger partial charge in [-0.25, -0.2) is 4.98 Å². The zero-order valence-corrected chi connectivity index (χ0v) is 8.69. The summed E-state index contributed by atoms with van der Waals surface area (Å²) in [7, 11) is 1.67. The monoisotopic (exact) mass is 190 g/mol. The van der Waals surface area contributed by atoms with Gasteiger partial charge in [0.25, 0.3) is 0 Å². The Morgan fingerprint density at radius 2 is 2.21 bits per heavy atom. The van der Waals surface area contributed by atoms with Crippen LogP contribution in [0.15, 0.2) is 24.5 Å². The highest BCUT2D eigenvalue weighted by Gasteiger charge is 2.09. The van der Waals surface area contributed by atoms with Crippen LogP contribution in [0.1, 0.15) is 25.5 Å². The number of ether oxygens (including phenoxy) is 1. The van der Waals surface area contributed by atoms with Crippen molar-refractivity contribution in [1.82, 2.24) is 9.38 Å². The van der Waals surface area contributed by atoms with Gasteiger partial charge in [-0.2, -0.15) is 0 Å². The van der Waals surface area contributed by atoms with Crippen LogP contribution >= 0.6 is 0 Å². The number of pyridine rings is 1. The molecule has 0 atom stereocenters. The standard InChI is InChI=1S/C11H14N2O/c1-8(2)9-7-12-11-10(14-3)5-4-6-13(9)11/h4-8H,1-3H3. The number of hydrogen-bond acceptors (Lipinski definition) is 2. The normalized spacial score (nSPS) is 11.1. The maximum atomic E-state index is 5.24. The zero-order chi connectivity index (χ0) is 10.1. The molecule has 2 aromatic rings. The lowest BCUT2D eigenvalue weighted by molar-refractivity contribution is 0.417. The van der Waals surface area contributed by atoms with Crippen LogP contribution in [0, 0.1) is 0 Å². The van der Waals surface area contributed by atoms with E-state index in [2.05, 4.69) is 23.2 Å². The number of imidazole rings is 1. The molecule has 0 amide bonds. The van der Waals surface area contributed by atoms with Gasteiger partial charge in [-0.15, -0.1) is 0 Å². The van der Waals surface area contributed by atoms with Crippen molar-refractivity contribution in [3.05, 3.63) is 30.2 Å². The fourth-order valence-corrected chi connectivity index (χ4v) is 1.59. The molecule has 0 unspecified atom stereocenters. The van der Waals surface area contributed by atoms with Crippen molar-refractivity contribution in [3.8, 4) is 5.75 Å². The summed E-state index contributed by atoms with van der Waals surface area (Å²) >= 11 is 0. The van der Waals surface area contributed by atoms with Crippen molar-refractivity contribution in [2.75, 3.05) is 7.11 Å². The number of aromatic nitrogens is 2. The third-order valence-electron chi connectivity index (χ3n) is 2.34. The molecule has 0 spiro atoms. The van der Waals surface area contributed by atoms with Crippen molar-refractivity contribution in [3.63, 3.8) is 0 Å². The summed E-state index contributed by atoms with van der Waals surface area (Å²) in [6, 6.07) is 3.89. The summed E-state index contributed by atoms with van der Waals surface area (Å²) in [5, 5.41) is 0. The first-order valence-corrected chi connectivity index (χ1v) is 4.74. The molecule has 0 aliphatic carbocycles. The highest BCUT2D eigenvalue weighted by atomic mass is 16.5. The Hall–Kier alpha value is -1.51. The second kappa shape index (κ2) is 3.33. The Kier molecular flexibility index (Phi) is 2.15. The molecule has 2 rings (SSSR count). The highest BCUT2D eigenvalue weighted by Crippen LogP contribution is 2.22. The lowest BCUT2D eigenvalue weighted by Gasteiger charge is -2.06. The molecule has 0 aliphatic rings. The summed E-state index contributed by atoms with van der Waals surface area (Å²) < 4.78 is 7.31. The van der Waals surface area contributed by atoms with Gasteiger partial charge in [-0.3, -0.25) is 0 Å². The van der Waals surface area contributed by atoms with E-state index in [-0.39, 0.29) is 0 Å². The van der Waals surface area contributed by atoms with Gasteiger partial charge in [-0.1, -0.05) is 13.8 Å². The summed E-state index contributed by atoms with van der Waals surface area (Å²) in [5.74, 6) is 1.29. The fraction of sp³-hybridized carbons (Fsp3) is 0.364. The van der Waals surface area contributed by atoms with Gasteiger partial charge in [0, 0.05) is 18.1 Å². The molecule has 2 aromatic heterocycles. The van der Waals surface area contributed by atoms with Crippen molar-refractivity contribution in [2.24, 2.45) is 0 Å². The largest absolute Gasteiger partial charge is 0.493 e. The minimum atomic E-state index is 0.470. The van der Waals surface area contributed by atoms with E-state index in [1.54, 1.807) is 7.11 Å². The smallest absolute Gasteiger partial charge is 0.179 e. The van der Waals surface area contributed by atoms with Crippen molar-refractivity contribution < 1.29 is 4.74 Å². The van der Waals surface area contributed by atoms with Crippen LogP contribution in [-0.4, -0.2) is 16.5 Å². The first-order chi connectivity index (χ1) is 6.74. The molecule has 0 saturated carbocycles. The Bertz CT molecular complexity index is 445. The van der Waals surface area contributed by atoms with E-state index in [0.717, 1.165) is 11.4 Å². The van der Waals surface area contributed by atoms with Crippen LogP contribution in [0.4, 0.5) is 0 Å². The van der Waals surface area contributed by atoms with Crippen LogP contribution in [0.2, 0.25) is 0 Å². The predicted molar refractivity (Wildman–Crippen MR) is 55.8 cm³/mol. The Morgan fingerprint density at radius 3 is 2.86 bits per heavy atom. The Balaban J connectivity index is 2.69. The molecule has 0 saturated heterocycles. The summed E-state index contributed by atoms with van der Waals surface area (Å²) in [6.45, 7) is 4.31. The van der Waals surface area contributed by atoms with Crippen molar-refractivity contribution in [2.45, 2.75) is 19.8 Å². The summed E-state index contributed by atoms with van der Waals surface area (Å²) in [6.07, 6.45) is 3.92. The van der Waals surface area contributed by atoms with E-state index in [1.807, 2.05) is 24.5 Å². The van der Waals surface area contributed by atoms with Crippen LogP contribution < -0.4 is 4.74 Å². The Labute approximate surface area is 83.3 Å². The molecule has 0 N–H and O–H groups in total. The maximum Gasteiger partial charge on any atom is 0.179 e. The van der Waals surface area contributed by atoms with Gasteiger partial charge in [0.2, 0.25) is 0 Å². The third-order valence-corrected chi connectivity index (χ3v) is 2.34. The van der Waals surface area contributed by atoms with Gasteiger partial charge in [0.05, 0.1) is 7.11 Å². The van der Waals surface area contributed by atoms with E-state index in [4.69, 9.17) is 4.74 Å². The number of nitrogens with zero attached hydrogens (tertiary/aromatic N) is 2. The minimum Gasteiger partial charge on any atom is -0.493 e. The van der Waals surface area contributed by atoms with Crippen molar-refractivity contribution in [1.29, 1.82) is 0 Å². The lowest BCUT2D eigenvalue weighted by Crippen LogP contribution is -1.95. The first-order valence-electron chi connectivity index (χ1n) is 4.74. The molecule has 0 bridgehead atoms. The van der Waals surface area contributed by atoms with E-state index in [0.29, 0.717) is 5.92 Å². The minimum absolute atomic E-state index is 0.470. The molecular weight excluding hydrogens is 176 g/mol. The molecular formula is C11H14N2O. The quantitative estimate of drug-likeness (QED) is 0.727. The zero-order valence-electron chi connectivity index (χ0n) is 8.69. The SMILES string of the molecule is COc1cccn2c(C(C)C)cnc12. The van der Waals surface area contributed by atoms with Crippen molar-refractivity contribution >= 4 is 5.65 Å². The predicted octanol–water partition coefficient (Wildman–Crippen LogP) is 2.47. The van der Waals surface area contributed by atoms with Crippen LogP contribution in [0.3, 0.4) is 0 Å². The molecule has 14 heavy (non-hydrogen) atoms. The number of fused-ring (bicyclic) bond motifs is 1. The van der Waals surface area contributed by atoms with Gasteiger partial charge in [-0.05, 0) is 18.1 Å². The van der Waals surface area contributed by atoms with Gasteiger partial charge in [0.1, 0.15) is 0 Å². The average Bonchev–Trinajstić information content (AvgIpc) is 2.60. The van der Waals surface area contributed by atoms with E-state index in [9.17, 15) is 0 Å². The molecule has 0 fully saturated rings. The topological polar surface area (TPSA) is 26.5 Å². The maximum absolute atomic E-state index is 5.24. The fourth-order valence-electron chi connectivity index (χ4n) is 1.59. The molecule has 3 heteroatoms. The Morgan fingerprint density at radius 1 is 1.43 bits per heavy atom. The molecule has 0 aliphatic heterocycles. The van der Waals surface area contributed by atoms with Gasteiger partial charge in [0.15, 0.2) is 11.4 Å². The first kappa shape index (κ1) is 9.06. The molecule has 0 radical (unpaired) electrons. The number of methoxy groups -OCH3 is 1. The van der Waals surface area contributed by atoms with Crippen LogP contribution in [0.5, 0.6) is 5.75 Å². The van der Waals surface area contributed by atoms with E-state index < -0.39 is 0 Å². The molecule has 74 valence electrons. The third kappa shape index (κ3) is 1.25. The van der Waals surface area contributed by atoms with Crippen LogP contribution in [-0.2, 0) is 0 Å². The lowest BCUT2D eigenvalue weighted by atomic mass is 10.1. The number of rotatable bonds is 2. The average molecular weight is 190 g/mol. The van der Waals surface area contributed by atoms with Gasteiger partial charge >= 0.3 is 0 Å². The molecule has 2 heterocycles. The second-order valence-corrected chi connectivity index (χ2v) is 3.61. The number of hydrogen-bond donors (Lipinski definition) is 0. The van der Waals surface area contributed by atoms with Gasteiger partial charge < -0.3 is 9.14 Å². The molecule has 3 nitrogen and oxygen atoms in total.